The van der Waals surface area contributed by atoms with Crippen LogP contribution in [0.15, 0.2) is 36.4 Å². The number of aryl methyl sites for hydroxylation is 2. The molecule has 0 bridgehead atoms. The monoisotopic (exact) mass is 366 g/mol. The van der Waals surface area contributed by atoms with Crippen molar-refractivity contribution in [3.05, 3.63) is 58.7 Å². The Labute approximate surface area is 160 Å². The molecule has 2 amide bonds. The predicted molar refractivity (Wildman–Crippen MR) is 107 cm³/mol. The zero-order valence-electron chi connectivity index (χ0n) is 16.2. The molecule has 0 spiro atoms. The molecular formula is C22H26N2O3. The van der Waals surface area contributed by atoms with Crippen molar-refractivity contribution in [3.63, 3.8) is 0 Å². The molecule has 1 aliphatic rings. The van der Waals surface area contributed by atoms with E-state index >= 15 is 0 Å². The van der Waals surface area contributed by atoms with Gasteiger partial charge in [0.05, 0.1) is 0 Å². The highest BCUT2D eigenvalue weighted by molar-refractivity contribution is 6.05. The van der Waals surface area contributed by atoms with Gasteiger partial charge in [-0.1, -0.05) is 6.07 Å². The zero-order chi connectivity index (χ0) is 19.4. The number of ether oxygens (including phenoxy) is 1. The summed E-state index contributed by atoms with van der Waals surface area (Å²) in [5, 5.41) is 3.04. The maximum absolute atomic E-state index is 12.6. The number of fused-ring (bicyclic) bond motifs is 1. The van der Waals surface area contributed by atoms with Gasteiger partial charge in [-0.25, -0.2) is 4.79 Å². The van der Waals surface area contributed by atoms with Crippen molar-refractivity contribution >= 4 is 17.7 Å². The van der Waals surface area contributed by atoms with Crippen LogP contribution in [0.5, 0.6) is 5.75 Å². The lowest BCUT2D eigenvalue weighted by Gasteiger charge is -2.17. The summed E-state index contributed by atoms with van der Waals surface area (Å²) in [5.41, 5.74) is 5.18. The van der Waals surface area contributed by atoms with Gasteiger partial charge in [0.25, 0.3) is 5.91 Å². The molecule has 5 nitrogen and oxygen atoms in total. The number of hydrogen-bond acceptors (Lipinski definition) is 3. The summed E-state index contributed by atoms with van der Waals surface area (Å²) in [5.74, 6) is 0.274. The summed E-state index contributed by atoms with van der Waals surface area (Å²) < 4.78 is 5.34. The Morgan fingerprint density at radius 2 is 1.78 bits per heavy atom. The minimum Gasteiger partial charge on any atom is -0.410 e. The molecule has 2 aromatic carbocycles. The van der Waals surface area contributed by atoms with Gasteiger partial charge in [0.1, 0.15) is 5.75 Å². The number of amides is 2. The van der Waals surface area contributed by atoms with Crippen molar-refractivity contribution in [1.82, 2.24) is 4.90 Å². The molecule has 142 valence electrons. The molecule has 0 heterocycles. The summed E-state index contributed by atoms with van der Waals surface area (Å²) in [6, 6.07) is 10.9. The van der Waals surface area contributed by atoms with Gasteiger partial charge >= 0.3 is 6.09 Å². The first-order valence-corrected chi connectivity index (χ1v) is 9.52. The van der Waals surface area contributed by atoms with Gasteiger partial charge in [0.2, 0.25) is 0 Å². The second kappa shape index (κ2) is 8.25. The standard InChI is InChI=1S/C22H26N2O3/c1-4-24(5-2)22(26)27-18-11-9-16(10-12-18)21(25)23-20-14-15(3)13-17-7-6-8-19(17)20/h9-14H,4-8H2,1-3H3,(H,23,25). The molecule has 2 aromatic rings. The predicted octanol–water partition coefficient (Wildman–Crippen LogP) is 4.58. The molecule has 5 heteroatoms. The molecule has 3 rings (SSSR count). The number of anilines is 1. The first-order valence-electron chi connectivity index (χ1n) is 9.52. The van der Waals surface area contributed by atoms with Crippen molar-refractivity contribution in [2.24, 2.45) is 0 Å². The van der Waals surface area contributed by atoms with Crippen LogP contribution in [0, 0.1) is 6.92 Å². The first kappa shape index (κ1) is 19.0. The molecule has 0 atom stereocenters. The van der Waals surface area contributed by atoms with Crippen molar-refractivity contribution in [1.29, 1.82) is 0 Å². The fourth-order valence-corrected chi connectivity index (χ4v) is 3.49. The van der Waals surface area contributed by atoms with Crippen LogP contribution in [-0.4, -0.2) is 30.0 Å². The molecule has 1 N–H and O–H groups in total. The average Bonchev–Trinajstić information content (AvgIpc) is 3.11. The number of nitrogens with one attached hydrogen (secondary N) is 1. The second-order valence-corrected chi connectivity index (χ2v) is 6.82. The maximum Gasteiger partial charge on any atom is 0.415 e. The SMILES string of the molecule is CCN(CC)C(=O)Oc1ccc(C(=O)Nc2cc(C)cc3c2CCC3)cc1. The van der Waals surface area contributed by atoms with E-state index in [1.165, 1.54) is 11.1 Å². The minimum absolute atomic E-state index is 0.156. The molecule has 0 fully saturated rings. The van der Waals surface area contributed by atoms with E-state index in [4.69, 9.17) is 4.74 Å². The molecule has 0 radical (unpaired) electrons. The Bertz CT molecular complexity index is 839. The minimum atomic E-state index is -0.382. The Morgan fingerprint density at radius 3 is 2.44 bits per heavy atom. The molecule has 1 aliphatic carbocycles. The third-order valence-corrected chi connectivity index (χ3v) is 4.95. The summed E-state index contributed by atoms with van der Waals surface area (Å²) in [4.78, 5) is 26.2. The zero-order valence-corrected chi connectivity index (χ0v) is 16.2. The van der Waals surface area contributed by atoms with E-state index in [2.05, 4.69) is 11.4 Å². The molecular weight excluding hydrogens is 340 g/mol. The summed E-state index contributed by atoms with van der Waals surface area (Å²) in [6.07, 6.45) is 2.83. The Balaban J connectivity index is 1.69. The highest BCUT2D eigenvalue weighted by Crippen LogP contribution is 2.30. The van der Waals surface area contributed by atoms with E-state index in [0.717, 1.165) is 30.5 Å². The molecule has 0 aliphatic heterocycles. The third kappa shape index (κ3) is 4.30. The van der Waals surface area contributed by atoms with E-state index in [1.54, 1.807) is 29.2 Å². The molecule has 0 aromatic heterocycles. The van der Waals surface area contributed by atoms with Crippen LogP contribution in [0.2, 0.25) is 0 Å². The molecule has 0 unspecified atom stereocenters. The smallest absolute Gasteiger partial charge is 0.410 e. The van der Waals surface area contributed by atoms with E-state index in [0.29, 0.717) is 24.4 Å². The van der Waals surface area contributed by atoms with Crippen molar-refractivity contribution < 1.29 is 14.3 Å². The highest BCUT2D eigenvalue weighted by atomic mass is 16.6. The fraction of sp³-hybridized carbons (Fsp3) is 0.364. The van der Waals surface area contributed by atoms with Gasteiger partial charge in [0, 0.05) is 24.3 Å². The first-order chi connectivity index (χ1) is 13.0. The number of carbonyl (C=O) groups is 2. The second-order valence-electron chi connectivity index (χ2n) is 6.82. The topological polar surface area (TPSA) is 58.6 Å². The Kier molecular flexibility index (Phi) is 5.79. The van der Waals surface area contributed by atoms with E-state index in [1.807, 2.05) is 26.8 Å². The van der Waals surface area contributed by atoms with Crippen LogP contribution in [0.25, 0.3) is 0 Å². The van der Waals surface area contributed by atoms with Crippen LogP contribution in [0.4, 0.5) is 10.5 Å². The maximum atomic E-state index is 12.6. The van der Waals surface area contributed by atoms with Crippen molar-refractivity contribution in [2.45, 2.75) is 40.0 Å². The third-order valence-electron chi connectivity index (χ3n) is 4.95. The van der Waals surface area contributed by atoms with Crippen LogP contribution in [0.1, 0.15) is 47.3 Å². The Morgan fingerprint density at radius 1 is 1.07 bits per heavy atom. The van der Waals surface area contributed by atoms with Crippen molar-refractivity contribution in [3.8, 4) is 5.75 Å². The Hall–Kier alpha value is -2.82. The average molecular weight is 366 g/mol. The lowest BCUT2D eigenvalue weighted by molar-refractivity contribution is 0.102. The number of rotatable bonds is 5. The molecule has 27 heavy (non-hydrogen) atoms. The van der Waals surface area contributed by atoms with Gasteiger partial charge in [-0.15, -0.1) is 0 Å². The number of benzene rings is 2. The van der Waals surface area contributed by atoms with Gasteiger partial charge in [-0.3, -0.25) is 4.79 Å². The number of nitrogens with zero attached hydrogens (tertiary/aromatic N) is 1. The van der Waals surface area contributed by atoms with Gasteiger partial charge in [-0.2, -0.15) is 0 Å². The quantitative estimate of drug-likeness (QED) is 0.843. The van der Waals surface area contributed by atoms with Crippen LogP contribution in [-0.2, 0) is 12.8 Å². The number of carbonyl (C=O) groups excluding carboxylic acids is 2. The van der Waals surface area contributed by atoms with Crippen LogP contribution >= 0.6 is 0 Å². The fourth-order valence-electron chi connectivity index (χ4n) is 3.49. The largest absolute Gasteiger partial charge is 0.415 e. The van der Waals surface area contributed by atoms with Gasteiger partial charge < -0.3 is 15.0 Å². The van der Waals surface area contributed by atoms with Crippen LogP contribution < -0.4 is 10.1 Å². The van der Waals surface area contributed by atoms with Gasteiger partial charge in [-0.05, 0) is 87.1 Å². The molecule has 0 saturated carbocycles. The van der Waals surface area contributed by atoms with Crippen molar-refractivity contribution in [2.75, 3.05) is 18.4 Å². The normalized spacial score (nSPS) is 12.4. The summed E-state index contributed by atoms with van der Waals surface area (Å²) >= 11 is 0. The summed E-state index contributed by atoms with van der Waals surface area (Å²) in [7, 11) is 0. The lowest BCUT2D eigenvalue weighted by Crippen LogP contribution is -2.33. The molecule has 0 saturated heterocycles. The van der Waals surface area contributed by atoms with E-state index in [-0.39, 0.29) is 12.0 Å². The highest BCUT2D eigenvalue weighted by Gasteiger charge is 2.18. The number of hydrogen-bond donors (Lipinski definition) is 1. The van der Waals surface area contributed by atoms with E-state index < -0.39 is 0 Å². The lowest BCUT2D eigenvalue weighted by atomic mass is 10.0. The van der Waals surface area contributed by atoms with Gasteiger partial charge in [0.15, 0.2) is 0 Å². The summed E-state index contributed by atoms with van der Waals surface area (Å²) in [6.45, 7) is 7.04. The van der Waals surface area contributed by atoms with E-state index in [9.17, 15) is 9.59 Å². The van der Waals surface area contributed by atoms with Crippen LogP contribution in [0.3, 0.4) is 0 Å².